The Morgan fingerprint density at radius 1 is 1.25 bits per heavy atom. The third kappa shape index (κ3) is 5.09. The van der Waals surface area contributed by atoms with E-state index in [1.54, 1.807) is 10.9 Å². The minimum atomic E-state index is -0.221. The van der Waals surface area contributed by atoms with Crippen LogP contribution in [0.5, 0.6) is 5.75 Å². The second-order valence-electron chi connectivity index (χ2n) is 5.94. The fourth-order valence-corrected chi connectivity index (χ4v) is 2.12. The number of carbonyl (C=O) groups is 1. The van der Waals surface area contributed by atoms with Gasteiger partial charge in [0, 0.05) is 13.1 Å². The van der Waals surface area contributed by atoms with Gasteiger partial charge in [-0.1, -0.05) is 39.0 Å². The van der Waals surface area contributed by atoms with Crippen LogP contribution in [0.3, 0.4) is 0 Å². The number of nitrogens with one attached hydrogen (secondary N) is 2. The first-order chi connectivity index (χ1) is 11.6. The molecule has 0 bridgehead atoms. The van der Waals surface area contributed by atoms with Gasteiger partial charge in [0.15, 0.2) is 11.4 Å². The van der Waals surface area contributed by atoms with E-state index in [1.807, 2.05) is 37.3 Å². The third-order valence-corrected chi connectivity index (χ3v) is 3.33. The normalized spacial score (nSPS) is 10.8. The van der Waals surface area contributed by atoms with Crippen LogP contribution >= 0.6 is 0 Å². The van der Waals surface area contributed by atoms with E-state index >= 15 is 0 Å². The molecule has 2 rings (SSSR count). The Bertz CT molecular complexity index is 638. The second-order valence-corrected chi connectivity index (χ2v) is 5.94. The summed E-state index contributed by atoms with van der Waals surface area (Å²) in [5, 5.41) is 10.5. The maximum absolute atomic E-state index is 12.4. The Hall–Kier alpha value is -2.34. The van der Waals surface area contributed by atoms with Gasteiger partial charge in [0.25, 0.3) is 5.91 Å². The molecule has 6 heteroatoms. The van der Waals surface area contributed by atoms with E-state index in [0.717, 1.165) is 18.8 Å². The van der Waals surface area contributed by atoms with Crippen molar-refractivity contribution in [2.24, 2.45) is 5.92 Å². The number of likely N-dealkylation sites (N-methyl/N-ethyl adjacent to an activating group) is 1. The number of nitrogens with zero attached hydrogens (tertiary/aromatic N) is 2. The van der Waals surface area contributed by atoms with Crippen LogP contribution in [0.2, 0.25) is 0 Å². The van der Waals surface area contributed by atoms with Gasteiger partial charge in [-0.15, -0.1) is 0 Å². The maximum Gasteiger partial charge on any atom is 0.275 e. The largest absolute Gasteiger partial charge is 0.489 e. The Morgan fingerprint density at radius 3 is 2.67 bits per heavy atom. The molecule has 0 saturated carbocycles. The Morgan fingerprint density at radius 2 is 2.00 bits per heavy atom. The molecule has 0 fully saturated rings. The molecule has 1 aromatic carbocycles. The lowest BCUT2D eigenvalue weighted by Gasteiger charge is -2.08. The first-order valence-electron chi connectivity index (χ1n) is 8.38. The zero-order chi connectivity index (χ0) is 17.4. The van der Waals surface area contributed by atoms with E-state index < -0.39 is 0 Å². The number of para-hydroxylation sites is 1. The minimum Gasteiger partial charge on any atom is -0.489 e. The van der Waals surface area contributed by atoms with Crippen molar-refractivity contribution < 1.29 is 9.53 Å². The molecule has 0 radical (unpaired) electrons. The van der Waals surface area contributed by atoms with Crippen molar-refractivity contribution in [3.05, 3.63) is 42.2 Å². The molecule has 2 aromatic rings. The van der Waals surface area contributed by atoms with Gasteiger partial charge in [-0.2, -0.15) is 5.10 Å². The highest BCUT2D eigenvalue weighted by molar-refractivity contribution is 5.94. The van der Waals surface area contributed by atoms with Crippen LogP contribution in [-0.2, 0) is 0 Å². The molecule has 130 valence electrons. The summed E-state index contributed by atoms with van der Waals surface area (Å²) in [5.74, 6) is 0.657. The number of ether oxygens (including phenoxy) is 1. The van der Waals surface area contributed by atoms with Crippen molar-refractivity contribution in [2.45, 2.75) is 20.8 Å². The third-order valence-electron chi connectivity index (χ3n) is 3.33. The van der Waals surface area contributed by atoms with Crippen LogP contribution < -0.4 is 15.4 Å². The Labute approximate surface area is 143 Å². The van der Waals surface area contributed by atoms with E-state index in [-0.39, 0.29) is 5.91 Å². The summed E-state index contributed by atoms with van der Waals surface area (Å²) in [6.07, 6.45) is 1.76. The average molecular weight is 330 g/mol. The van der Waals surface area contributed by atoms with Crippen LogP contribution in [0.4, 0.5) is 0 Å². The second kappa shape index (κ2) is 9.08. The maximum atomic E-state index is 12.4. The number of hydrogen-bond acceptors (Lipinski definition) is 4. The molecule has 0 atom stereocenters. The molecule has 24 heavy (non-hydrogen) atoms. The molecule has 0 saturated heterocycles. The number of aromatic nitrogens is 2. The van der Waals surface area contributed by atoms with Gasteiger partial charge in [-0.25, -0.2) is 4.68 Å². The molecule has 1 aromatic heterocycles. The summed E-state index contributed by atoms with van der Waals surface area (Å²) in [6.45, 7) is 8.86. The van der Waals surface area contributed by atoms with Crippen LogP contribution in [0.1, 0.15) is 31.3 Å². The molecule has 6 nitrogen and oxygen atoms in total. The topological polar surface area (TPSA) is 68.2 Å². The van der Waals surface area contributed by atoms with Crippen molar-refractivity contribution in [1.29, 1.82) is 0 Å². The van der Waals surface area contributed by atoms with Gasteiger partial charge in [-0.3, -0.25) is 4.79 Å². The Balaban J connectivity index is 2.16. The lowest BCUT2D eigenvalue weighted by molar-refractivity contribution is 0.0944. The van der Waals surface area contributed by atoms with Gasteiger partial charge in [0.1, 0.15) is 0 Å². The van der Waals surface area contributed by atoms with E-state index in [0.29, 0.717) is 30.5 Å². The molecular formula is C18H26N4O2. The van der Waals surface area contributed by atoms with Crippen molar-refractivity contribution in [1.82, 2.24) is 20.4 Å². The summed E-state index contributed by atoms with van der Waals surface area (Å²) >= 11 is 0. The van der Waals surface area contributed by atoms with Crippen molar-refractivity contribution in [3.8, 4) is 11.4 Å². The van der Waals surface area contributed by atoms with Gasteiger partial charge in [0.05, 0.1) is 18.5 Å². The lowest BCUT2D eigenvalue weighted by atomic mass is 10.2. The van der Waals surface area contributed by atoms with Gasteiger partial charge >= 0.3 is 0 Å². The summed E-state index contributed by atoms with van der Waals surface area (Å²) < 4.78 is 7.47. The van der Waals surface area contributed by atoms with Crippen molar-refractivity contribution in [2.75, 3.05) is 26.2 Å². The van der Waals surface area contributed by atoms with Crippen LogP contribution in [0, 0.1) is 5.92 Å². The van der Waals surface area contributed by atoms with Crippen LogP contribution in [0.15, 0.2) is 36.5 Å². The lowest BCUT2D eigenvalue weighted by Crippen LogP contribution is -2.32. The smallest absolute Gasteiger partial charge is 0.275 e. The average Bonchev–Trinajstić information content (AvgIpc) is 3.02. The molecule has 0 aliphatic rings. The van der Waals surface area contributed by atoms with Crippen LogP contribution in [0.25, 0.3) is 5.69 Å². The van der Waals surface area contributed by atoms with Crippen molar-refractivity contribution in [3.63, 3.8) is 0 Å². The summed E-state index contributed by atoms with van der Waals surface area (Å²) in [7, 11) is 0. The number of carbonyl (C=O) groups excluding carboxylic acids is 1. The Kier molecular flexibility index (Phi) is 6.81. The van der Waals surface area contributed by atoms with Crippen molar-refractivity contribution >= 4 is 5.91 Å². The summed E-state index contributed by atoms with van der Waals surface area (Å²) in [4.78, 5) is 12.4. The zero-order valence-corrected chi connectivity index (χ0v) is 14.6. The molecule has 0 unspecified atom stereocenters. The standard InChI is InChI=1S/C18H26N4O2/c1-4-19-10-11-20-18(23)17-16(24-13-14(2)3)12-22(21-17)15-8-6-5-7-9-15/h5-9,12,14,19H,4,10-11,13H2,1-3H3,(H,20,23). The number of hydrogen-bond donors (Lipinski definition) is 2. The molecule has 1 amide bonds. The molecule has 0 aliphatic heterocycles. The van der Waals surface area contributed by atoms with E-state index in [2.05, 4.69) is 29.6 Å². The van der Waals surface area contributed by atoms with E-state index in [1.165, 1.54) is 0 Å². The monoisotopic (exact) mass is 330 g/mol. The van der Waals surface area contributed by atoms with E-state index in [9.17, 15) is 4.79 Å². The number of rotatable bonds is 9. The van der Waals surface area contributed by atoms with Gasteiger partial charge < -0.3 is 15.4 Å². The fraction of sp³-hybridized carbons (Fsp3) is 0.444. The van der Waals surface area contributed by atoms with Gasteiger partial charge in [-0.05, 0) is 24.6 Å². The fourth-order valence-electron chi connectivity index (χ4n) is 2.12. The zero-order valence-electron chi connectivity index (χ0n) is 14.6. The molecule has 0 spiro atoms. The predicted octanol–water partition coefficient (Wildman–Crippen LogP) is 2.25. The highest BCUT2D eigenvalue weighted by Gasteiger charge is 2.19. The van der Waals surface area contributed by atoms with Gasteiger partial charge in [0.2, 0.25) is 0 Å². The number of benzene rings is 1. The first kappa shape index (κ1) is 18.0. The SMILES string of the molecule is CCNCCNC(=O)c1nn(-c2ccccc2)cc1OCC(C)C. The molecular weight excluding hydrogens is 304 g/mol. The minimum absolute atomic E-state index is 0.221. The highest BCUT2D eigenvalue weighted by Crippen LogP contribution is 2.20. The van der Waals surface area contributed by atoms with E-state index in [4.69, 9.17) is 4.74 Å². The quantitative estimate of drug-likeness (QED) is 0.692. The highest BCUT2D eigenvalue weighted by atomic mass is 16.5. The number of amides is 1. The predicted molar refractivity (Wildman–Crippen MR) is 94.8 cm³/mol. The summed E-state index contributed by atoms with van der Waals surface area (Å²) in [5.41, 5.74) is 1.20. The molecule has 0 aliphatic carbocycles. The molecule has 2 N–H and O–H groups in total. The van der Waals surface area contributed by atoms with Crippen LogP contribution in [-0.4, -0.2) is 41.9 Å². The molecule has 1 heterocycles. The first-order valence-corrected chi connectivity index (χ1v) is 8.38. The summed E-state index contributed by atoms with van der Waals surface area (Å²) in [6, 6.07) is 9.68.